The summed E-state index contributed by atoms with van der Waals surface area (Å²) < 4.78 is 3.38. The van der Waals surface area contributed by atoms with Crippen molar-refractivity contribution in [3.05, 3.63) is 45.6 Å². The lowest BCUT2D eigenvalue weighted by Gasteiger charge is -2.14. The first-order chi connectivity index (χ1) is 13.3. The lowest BCUT2D eigenvalue weighted by atomic mass is 10.2. The SMILES string of the molecule is CSc1nc2cc(C)n(CC(=O)Nc3cccnc3Cl)c2c(=O)n1CC(C)C. The molecular weight excluding hydrogens is 398 g/mol. The van der Waals surface area contributed by atoms with Crippen LogP contribution in [0.5, 0.6) is 0 Å². The van der Waals surface area contributed by atoms with E-state index < -0.39 is 0 Å². The average molecular weight is 420 g/mol. The van der Waals surface area contributed by atoms with Gasteiger partial charge in [-0.15, -0.1) is 0 Å². The minimum Gasteiger partial charge on any atom is -0.330 e. The van der Waals surface area contributed by atoms with Crippen molar-refractivity contribution in [3.8, 4) is 0 Å². The molecule has 28 heavy (non-hydrogen) atoms. The summed E-state index contributed by atoms with van der Waals surface area (Å²) in [6.07, 6.45) is 3.45. The largest absolute Gasteiger partial charge is 0.330 e. The minimum atomic E-state index is -0.292. The maximum absolute atomic E-state index is 13.2. The van der Waals surface area contributed by atoms with E-state index in [-0.39, 0.29) is 23.2 Å². The standard InChI is InChI=1S/C19H22ClN5O2S/c1-11(2)9-25-18(27)16-14(23-19(25)28-4)8-12(3)24(16)10-15(26)22-13-6-5-7-21-17(13)20/h5-8,11H,9-10H2,1-4H3,(H,22,26). The van der Waals surface area contributed by atoms with Crippen molar-refractivity contribution in [3.63, 3.8) is 0 Å². The van der Waals surface area contributed by atoms with Crippen molar-refractivity contribution in [2.45, 2.75) is 39.0 Å². The minimum absolute atomic E-state index is 0.0161. The first kappa shape index (κ1) is 20.4. The van der Waals surface area contributed by atoms with Crippen LogP contribution < -0.4 is 10.9 Å². The van der Waals surface area contributed by atoms with Crippen LogP contribution in [0.1, 0.15) is 19.5 Å². The van der Waals surface area contributed by atoms with E-state index in [0.717, 1.165) is 5.69 Å². The van der Waals surface area contributed by atoms with Gasteiger partial charge in [-0.2, -0.15) is 0 Å². The van der Waals surface area contributed by atoms with Gasteiger partial charge in [-0.1, -0.05) is 37.2 Å². The molecule has 0 radical (unpaired) electrons. The highest BCUT2D eigenvalue weighted by molar-refractivity contribution is 7.98. The van der Waals surface area contributed by atoms with Gasteiger partial charge in [-0.3, -0.25) is 14.2 Å². The summed E-state index contributed by atoms with van der Waals surface area (Å²) in [5, 5.41) is 3.64. The summed E-state index contributed by atoms with van der Waals surface area (Å²) in [5.41, 5.74) is 2.12. The highest BCUT2D eigenvalue weighted by Gasteiger charge is 2.19. The zero-order valence-corrected chi connectivity index (χ0v) is 17.8. The van der Waals surface area contributed by atoms with Crippen molar-refractivity contribution in [1.82, 2.24) is 19.1 Å². The quantitative estimate of drug-likeness (QED) is 0.375. The fourth-order valence-corrected chi connectivity index (χ4v) is 3.78. The third-order valence-electron chi connectivity index (χ3n) is 4.24. The Kier molecular flexibility index (Phi) is 6.10. The molecule has 3 rings (SSSR count). The Labute approximate surface area is 172 Å². The van der Waals surface area contributed by atoms with Gasteiger partial charge in [0.05, 0.1) is 11.2 Å². The molecule has 0 bridgehead atoms. The number of anilines is 1. The molecule has 0 aliphatic heterocycles. The molecule has 0 unspecified atom stereocenters. The number of aryl methyl sites for hydroxylation is 1. The van der Waals surface area contributed by atoms with Crippen LogP contribution in [0, 0.1) is 12.8 Å². The number of pyridine rings is 1. The maximum Gasteiger partial charge on any atom is 0.278 e. The van der Waals surface area contributed by atoms with E-state index in [4.69, 9.17) is 11.6 Å². The summed E-state index contributed by atoms with van der Waals surface area (Å²) >= 11 is 7.45. The number of thioether (sulfide) groups is 1. The number of nitrogens with zero attached hydrogens (tertiary/aromatic N) is 4. The number of aromatic nitrogens is 4. The molecule has 0 saturated heterocycles. The monoisotopic (exact) mass is 419 g/mol. The molecule has 0 spiro atoms. The summed E-state index contributed by atoms with van der Waals surface area (Å²) in [6, 6.07) is 5.20. The molecule has 9 heteroatoms. The summed E-state index contributed by atoms with van der Waals surface area (Å²) in [5.74, 6) is 0.00244. The Balaban J connectivity index is 2.01. The molecule has 0 atom stereocenters. The number of hydrogen-bond acceptors (Lipinski definition) is 5. The highest BCUT2D eigenvalue weighted by atomic mass is 35.5. The molecule has 0 aromatic carbocycles. The molecule has 0 saturated carbocycles. The van der Waals surface area contributed by atoms with Crippen molar-refractivity contribution in [2.24, 2.45) is 5.92 Å². The van der Waals surface area contributed by atoms with E-state index in [1.165, 1.54) is 11.8 Å². The molecule has 0 aliphatic carbocycles. The van der Waals surface area contributed by atoms with Gasteiger partial charge in [0.25, 0.3) is 5.56 Å². The lowest BCUT2D eigenvalue weighted by molar-refractivity contribution is -0.116. The predicted octanol–water partition coefficient (Wildman–Crippen LogP) is 3.57. The molecule has 7 nitrogen and oxygen atoms in total. The molecule has 3 aromatic heterocycles. The molecule has 3 heterocycles. The van der Waals surface area contributed by atoms with Crippen molar-refractivity contribution in [2.75, 3.05) is 11.6 Å². The van der Waals surface area contributed by atoms with Gasteiger partial charge < -0.3 is 9.88 Å². The van der Waals surface area contributed by atoms with Gasteiger partial charge >= 0.3 is 0 Å². The van der Waals surface area contributed by atoms with Crippen LogP contribution in [-0.2, 0) is 17.9 Å². The predicted molar refractivity (Wildman–Crippen MR) is 113 cm³/mol. The Hall–Kier alpha value is -2.32. The van der Waals surface area contributed by atoms with E-state index in [1.54, 1.807) is 27.5 Å². The number of halogens is 1. The van der Waals surface area contributed by atoms with Crippen molar-refractivity contribution >= 4 is 46.0 Å². The Morgan fingerprint density at radius 1 is 1.36 bits per heavy atom. The van der Waals surface area contributed by atoms with Gasteiger partial charge in [0, 0.05) is 18.4 Å². The summed E-state index contributed by atoms with van der Waals surface area (Å²) in [4.78, 5) is 34.4. The smallest absolute Gasteiger partial charge is 0.278 e. The number of carbonyl (C=O) groups is 1. The molecule has 1 N–H and O–H groups in total. The lowest BCUT2D eigenvalue weighted by Crippen LogP contribution is -2.28. The van der Waals surface area contributed by atoms with Crippen molar-refractivity contribution < 1.29 is 4.79 Å². The van der Waals surface area contributed by atoms with E-state index in [0.29, 0.717) is 34.3 Å². The second kappa shape index (κ2) is 8.36. The highest BCUT2D eigenvalue weighted by Crippen LogP contribution is 2.21. The fraction of sp³-hybridized carbons (Fsp3) is 0.368. The van der Waals surface area contributed by atoms with Gasteiger partial charge in [0.15, 0.2) is 10.3 Å². The first-order valence-electron chi connectivity index (χ1n) is 8.86. The van der Waals surface area contributed by atoms with Crippen LogP contribution in [0.15, 0.2) is 34.3 Å². The van der Waals surface area contributed by atoms with Crippen molar-refractivity contribution in [1.29, 1.82) is 0 Å². The topological polar surface area (TPSA) is 81.8 Å². The molecule has 0 aliphatic rings. The van der Waals surface area contributed by atoms with Gasteiger partial charge in [0.2, 0.25) is 5.91 Å². The van der Waals surface area contributed by atoms with Gasteiger partial charge in [0.1, 0.15) is 12.1 Å². The second-order valence-electron chi connectivity index (χ2n) is 6.90. The number of carbonyl (C=O) groups excluding carboxylic acids is 1. The average Bonchev–Trinajstić information content (AvgIpc) is 2.94. The number of hydrogen-bond donors (Lipinski definition) is 1. The van der Waals surface area contributed by atoms with Crippen LogP contribution in [0.4, 0.5) is 5.69 Å². The van der Waals surface area contributed by atoms with E-state index in [1.807, 2.05) is 19.2 Å². The normalized spacial score (nSPS) is 11.4. The summed E-state index contributed by atoms with van der Waals surface area (Å²) in [6.45, 7) is 6.51. The zero-order chi connectivity index (χ0) is 20.4. The van der Waals surface area contributed by atoms with E-state index in [9.17, 15) is 9.59 Å². The first-order valence-corrected chi connectivity index (χ1v) is 10.5. The molecule has 3 aromatic rings. The number of nitrogens with one attached hydrogen (secondary N) is 1. The van der Waals surface area contributed by atoms with Crippen LogP contribution in [0.2, 0.25) is 5.15 Å². The summed E-state index contributed by atoms with van der Waals surface area (Å²) in [7, 11) is 0. The van der Waals surface area contributed by atoms with Crippen LogP contribution in [-0.4, -0.2) is 31.3 Å². The number of rotatable bonds is 6. The molecule has 0 fully saturated rings. The third kappa shape index (κ3) is 4.07. The van der Waals surface area contributed by atoms with Crippen LogP contribution in [0.25, 0.3) is 11.0 Å². The van der Waals surface area contributed by atoms with Gasteiger partial charge in [-0.05, 0) is 37.3 Å². The number of amides is 1. The zero-order valence-electron chi connectivity index (χ0n) is 16.2. The Morgan fingerprint density at radius 3 is 2.75 bits per heavy atom. The van der Waals surface area contributed by atoms with E-state index in [2.05, 4.69) is 29.1 Å². The third-order valence-corrected chi connectivity index (χ3v) is 5.22. The maximum atomic E-state index is 13.2. The second-order valence-corrected chi connectivity index (χ2v) is 8.04. The molecule has 1 amide bonds. The Bertz CT molecular complexity index is 1090. The molecular formula is C19H22ClN5O2S. The number of fused-ring (bicyclic) bond motifs is 1. The van der Waals surface area contributed by atoms with E-state index >= 15 is 0 Å². The van der Waals surface area contributed by atoms with Crippen LogP contribution in [0.3, 0.4) is 0 Å². The molecule has 148 valence electrons. The van der Waals surface area contributed by atoms with Gasteiger partial charge in [-0.25, -0.2) is 9.97 Å². The van der Waals surface area contributed by atoms with Crippen LogP contribution >= 0.6 is 23.4 Å². The Morgan fingerprint density at radius 2 is 2.11 bits per heavy atom. The fourth-order valence-electron chi connectivity index (χ4n) is 3.05.